The highest BCUT2D eigenvalue weighted by Gasteiger charge is 2.08. The van der Waals surface area contributed by atoms with Crippen molar-refractivity contribution in [2.24, 2.45) is 0 Å². The second-order valence-electron chi connectivity index (χ2n) is 3.72. The van der Waals surface area contributed by atoms with Crippen LogP contribution < -0.4 is 5.73 Å². The zero-order valence-electron chi connectivity index (χ0n) is 10.0. The third-order valence-corrected chi connectivity index (χ3v) is 2.52. The highest BCUT2D eigenvalue weighted by atomic mass is 35.5. The monoisotopic (exact) mass is 277 g/mol. The van der Waals surface area contributed by atoms with E-state index in [0.717, 1.165) is 5.56 Å². The van der Waals surface area contributed by atoms with Gasteiger partial charge in [0.05, 0.1) is 12.8 Å². The Bertz CT molecular complexity index is 629. The zero-order chi connectivity index (χ0) is 13.7. The van der Waals surface area contributed by atoms with Gasteiger partial charge in [-0.1, -0.05) is 23.4 Å². The van der Waals surface area contributed by atoms with Crippen LogP contribution in [0, 0.1) is 11.8 Å². The summed E-state index contributed by atoms with van der Waals surface area (Å²) in [4.78, 5) is 0. The predicted molar refractivity (Wildman–Crippen MR) is 72.2 cm³/mol. The first kappa shape index (κ1) is 13.3. The van der Waals surface area contributed by atoms with Gasteiger partial charge < -0.3 is 10.8 Å². The van der Waals surface area contributed by atoms with Gasteiger partial charge in [-0.15, -0.1) is 10.2 Å². The molecule has 98 valence electrons. The average Bonchev–Trinajstić information content (AvgIpc) is 2.86. The molecule has 2 aromatic rings. The molecule has 0 aliphatic rings. The minimum absolute atomic E-state index is 0.0646. The number of aromatic nitrogens is 4. The summed E-state index contributed by atoms with van der Waals surface area (Å²) in [6.45, 7) is 0.515. The summed E-state index contributed by atoms with van der Waals surface area (Å²) in [5.41, 5.74) is 7.24. The quantitative estimate of drug-likeness (QED) is 0.816. The van der Waals surface area contributed by atoms with E-state index in [1.165, 1.54) is 0 Å². The second-order valence-corrected chi connectivity index (χ2v) is 4.11. The standard InChI is InChI=1S/C12H12ClN5O/c13-11-6-10(12(14)17-16-11)9-7-15-18(8-9)4-2-1-3-5-19/h6-8,19H,3-5H2,(H2,14,17). The third-order valence-electron chi connectivity index (χ3n) is 2.34. The maximum absolute atomic E-state index is 8.61. The molecule has 0 unspecified atom stereocenters. The number of nitrogens with zero attached hydrogens (tertiary/aromatic N) is 4. The number of hydrogen-bond donors (Lipinski definition) is 2. The lowest BCUT2D eigenvalue weighted by atomic mass is 10.1. The van der Waals surface area contributed by atoms with Gasteiger partial charge in [0.2, 0.25) is 0 Å². The van der Waals surface area contributed by atoms with Crippen LogP contribution in [0.25, 0.3) is 11.1 Å². The Hall–Kier alpha value is -2.10. The van der Waals surface area contributed by atoms with Gasteiger partial charge in [-0.05, 0) is 6.07 Å². The third kappa shape index (κ3) is 3.44. The van der Waals surface area contributed by atoms with Crippen LogP contribution in [0.15, 0.2) is 18.5 Å². The van der Waals surface area contributed by atoms with Crippen molar-refractivity contribution in [3.63, 3.8) is 0 Å². The summed E-state index contributed by atoms with van der Waals surface area (Å²) in [6, 6.07) is 1.64. The molecule has 0 fully saturated rings. The number of halogens is 1. The van der Waals surface area contributed by atoms with Crippen molar-refractivity contribution < 1.29 is 5.11 Å². The van der Waals surface area contributed by atoms with Crippen molar-refractivity contribution in [2.75, 3.05) is 12.3 Å². The van der Waals surface area contributed by atoms with Crippen LogP contribution in [-0.4, -0.2) is 31.7 Å². The summed E-state index contributed by atoms with van der Waals surface area (Å²) >= 11 is 5.79. The van der Waals surface area contributed by atoms with E-state index in [1.54, 1.807) is 23.1 Å². The predicted octanol–water partition coefficient (Wildman–Crippen LogP) is 0.961. The number of rotatable bonds is 3. The number of aliphatic hydroxyl groups excluding tert-OH is 1. The fourth-order valence-electron chi connectivity index (χ4n) is 1.48. The van der Waals surface area contributed by atoms with E-state index in [1.807, 2.05) is 0 Å². The van der Waals surface area contributed by atoms with Crippen LogP contribution in [0.2, 0.25) is 5.15 Å². The smallest absolute Gasteiger partial charge is 0.154 e. The summed E-state index contributed by atoms with van der Waals surface area (Å²) < 4.78 is 1.67. The van der Waals surface area contributed by atoms with Crippen LogP contribution in [0.1, 0.15) is 6.42 Å². The fraction of sp³-hybridized carbons (Fsp3) is 0.250. The first-order chi connectivity index (χ1) is 9.20. The molecule has 6 nitrogen and oxygen atoms in total. The van der Waals surface area contributed by atoms with Crippen LogP contribution in [-0.2, 0) is 6.54 Å². The van der Waals surface area contributed by atoms with Crippen LogP contribution in [0.5, 0.6) is 0 Å². The van der Waals surface area contributed by atoms with Gasteiger partial charge in [0, 0.05) is 23.7 Å². The Labute approximate surface area is 115 Å². The molecule has 0 saturated heterocycles. The highest BCUT2D eigenvalue weighted by Crippen LogP contribution is 2.25. The molecule has 0 amide bonds. The minimum Gasteiger partial charge on any atom is -0.395 e. The summed E-state index contributed by atoms with van der Waals surface area (Å²) in [5, 5.41) is 20.5. The molecule has 2 aromatic heterocycles. The van der Waals surface area contributed by atoms with Gasteiger partial charge in [0.1, 0.15) is 6.54 Å². The molecule has 0 aliphatic carbocycles. The fourth-order valence-corrected chi connectivity index (χ4v) is 1.63. The molecule has 0 aliphatic heterocycles. The molecule has 19 heavy (non-hydrogen) atoms. The molecule has 0 spiro atoms. The molecular weight excluding hydrogens is 266 g/mol. The Kier molecular flexibility index (Phi) is 4.34. The SMILES string of the molecule is Nc1nnc(Cl)cc1-c1cnn(CC#CCCO)c1. The lowest BCUT2D eigenvalue weighted by Crippen LogP contribution is -1.97. The maximum atomic E-state index is 8.61. The Morgan fingerprint density at radius 3 is 3.00 bits per heavy atom. The van der Waals surface area contributed by atoms with Gasteiger partial charge in [0.15, 0.2) is 11.0 Å². The lowest BCUT2D eigenvalue weighted by molar-refractivity contribution is 0.305. The summed E-state index contributed by atoms with van der Waals surface area (Å²) in [5.74, 6) is 6.02. The largest absolute Gasteiger partial charge is 0.395 e. The topological polar surface area (TPSA) is 89.9 Å². The normalized spacial score (nSPS) is 10.0. The number of aliphatic hydroxyl groups is 1. The molecule has 0 aromatic carbocycles. The van der Waals surface area contributed by atoms with E-state index < -0.39 is 0 Å². The van der Waals surface area contributed by atoms with E-state index in [-0.39, 0.29) is 11.8 Å². The van der Waals surface area contributed by atoms with Crippen molar-refractivity contribution >= 4 is 17.4 Å². The Morgan fingerprint density at radius 2 is 2.21 bits per heavy atom. The number of nitrogen functional groups attached to an aromatic ring is 1. The van der Waals surface area contributed by atoms with Gasteiger partial charge in [-0.25, -0.2) is 0 Å². The van der Waals surface area contributed by atoms with Gasteiger partial charge in [-0.2, -0.15) is 5.10 Å². The first-order valence-corrected chi connectivity index (χ1v) is 5.96. The molecule has 0 atom stereocenters. The van der Waals surface area contributed by atoms with E-state index in [0.29, 0.717) is 24.3 Å². The van der Waals surface area contributed by atoms with Crippen molar-refractivity contribution in [2.45, 2.75) is 13.0 Å². The van der Waals surface area contributed by atoms with E-state index >= 15 is 0 Å². The van der Waals surface area contributed by atoms with Crippen LogP contribution >= 0.6 is 11.6 Å². The molecule has 0 radical (unpaired) electrons. The first-order valence-electron chi connectivity index (χ1n) is 5.59. The van der Waals surface area contributed by atoms with Crippen LogP contribution in [0.4, 0.5) is 5.82 Å². The van der Waals surface area contributed by atoms with E-state index in [2.05, 4.69) is 27.1 Å². The average molecular weight is 278 g/mol. The zero-order valence-corrected chi connectivity index (χ0v) is 10.8. The number of nitrogens with two attached hydrogens (primary N) is 1. The molecule has 0 bridgehead atoms. The minimum atomic E-state index is 0.0646. The maximum Gasteiger partial charge on any atom is 0.154 e. The molecular formula is C12H12ClN5O. The molecule has 2 rings (SSSR count). The van der Waals surface area contributed by atoms with Crippen molar-refractivity contribution in [1.29, 1.82) is 0 Å². The van der Waals surface area contributed by atoms with Gasteiger partial charge in [-0.3, -0.25) is 4.68 Å². The molecule has 2 heterocycles. The highest BCUT2D eigenvalue weighted by molar-refractivity contribution is 6.29. The lowest BCUT2D eigenvalue weighted by Gasteiger charge is -2.00. The van der Waals surface area contributed by atoms with E-state index in [9.17, 15) is 0 Å². The van der Waals surface area contributed by atoms with Crippen LogP contribution in [0.3, 0.4) is 0 Å². The Balaban J connectivity index is 2.17. The van der Waals surface area contributed by atoms with Gasteiger partial charge in [0.25, 0.3) is 0 Å². The Morgan fingerprint density at radius 1 is 1.37 bits per heavy atom. The molecule has 3 N–H and O–H groups in total. The molecule has 0 saturated carbocycles. The van der Waals surface area contributed by atoms with E-state index in [4.69, 9.17) is 22.4 Å². The second kappa shape index (κ2) is 6.18. The summed E-state index contributed by atoms with van der Waals surface area (Å²) in [6.07, 6.45) is 3.93. The van der Waals surface area contributed by atoms with Crippen molar-refractivity contribution in [3.05, 3.63) is 23.6 Å². The van der Waals surface area contributed by atoms with Crippen molar-refractivity contribution in [3.8, 4) is 23.0 Å². The molecule has 7 heteroatoms. The number of hydrogen-bond acceptors (Lipinski definition) is 5. The number of anilines is 1. The summed E-state index contributed by atoms with van der Waals surface area (Å²) in [7, 11) is 0. The van der Waals surface area contributed by atoms with Crippen molar-refractivity contribution in [1.82, 2.24) is 20.0 Å². The van der Waals surface area contributed by atoms with Gasteiger partial charge >= 0.3 is 0 Å².